The summed E-state index contributed by atoms with van der Waals surface area (Å²) in [4.78, 5) is 12.5. The number of ketones is 1. The van der Waals surface area contributed by atoms with E-state index in [0.717, 1.165) is 30.4 Å². The first-order chi connectivity index (χ1) is 14.8. The number of carbonyl (C=O) groups excluding carboxylic acids is 1. The molecule has 7 heteroatoms. The van der Waals surface area contributed by atoms with Crippen LogP contribution in [0.3, 0.4) is 0 Å². The van der Waals surface area contributed by atoms with E-state index >= 15 is 0 Å². The van der Waals surface area contributed by atoms with Crippen LogP contribution in [0.4, 0.5) is 0 Å². The molecule has 0 aliphatic heterocycles. The van der Waals surface area contributed by atoms with Gasteiger partial charge in [0.1, 0.15) is 5.76 Å². The van der Waals surface area contributed by atoms with Crippen molar-refractivity contribution in [2.24, 2.45) is 11.8 Å². The van der Waals surface area contributed by atoms with Crippen molar-refractivity contribution in [1.29, 1.82) is 0 Å². The second-order valence-electron chi connectivity index (χ2n) is 8.46. The Hall–Kier alpha value is -2.15. The zero-order chi connectivity index (χ0) is 22.0. The van der Waals surface area contributed by atoms with E-state index in [1.165, 1.54) is 12.1 Å². The van der Waals surface area contributed by atoms with E-state index in [0.29, 0.717) is 35.8 Å². The summed E-state index contributed by atoms with van der Waals surface area (Å²) in [7, 11) is -3.59. The maximum absolute atomic E-state index is 12.4. The molecule has 1 saturated carbocycles. The highest BCUT2D eigenvalue weighted by Gasteiger charge is 2.35. The summed E-state index contributed by atoms with van der Waals surface area (Å²) in [6.45, 7) is 0.271. The lowest BCUT2D eigenvalue weighted by Crippen LogP contribution is -2.26. The largest absolute Gasteiger partial charge is 0.512 e. The second-order valence-corrected chi connectivity index (χ2v) is 10.7. The number of aliphatic hydroxyl groups excluding tert-OH is 1. The highest BCUT2D eigenvalue weighted by molar-refractivity contribution is 7.89. The molecule has 0 saturated heterocycles. The first-order valence-electron chi connectivity index (χ1n) is 10.6. The lowest BCUT2D eigenvalue weighted by molar-refractivity contribution is -0.115. The molecule has 0 heterocycles. The van der Waals surface area contributed by atoms with Crippen molar-refractivity contribution in [3.63, 3.8) is 0 Å². The van der Waals surface area contributed by atoms with Crippen LogP contribution in [0.1, 0.15) is 36.8 Å². The predicted molar refractivity (Wildman–Crippen MR) is 121 cm³/mol. The molecule has 2 aliphatic carbocycles. The lowest BCUT2D eigenvalue weighted by Gasteiger charge is -2.12. The number of rotatable bonds is 9. The van der Waals surface area contributed by atoms with Crippen molar-refractivity contribution in [2.75, 3.05) is 6.54 Å². The third-order valence-electron chi connectivity index (χ3n) is 5.96. The molecule has 1 fully saturated rings. The van der Waals surface area contributed by atoms with Gasteiger partial charge in [-0.3, -0.25) is 4.79 Å². The van der Waals surface area contributed by atoms with Gasteiger partial charge in [0.05, 0.1) is 4.90 Å². The molecular weight excluding hydrogens is 434 g/mol. The molecule has 2 aliphatic rings. The van der Waals surface area contributed by atoms with Gasteiger partial charge in [-0.1, -0.05) is 35.9 Å². The Morgan fingerprint density at radius 2 is 1.74 bits per heavy atom. The Labute approximate surface area is 188 Å². The van der Waals surface area contributed by atoms with E-state index in [-0.39, 0.29) is 28.9 Å². The van der Waals surface area contributed by atoms with Crippen LogP contribution in [0.2, 0.25) is 5.02 Å². The van der Waals surface area contributed by atoms with Crippen molar-refractivity contribution < 1.29 is 18.3 Å². The van der Waals surface area contributed by atoms with Crippen LogP contribution in [0, 0.1) is 11.8 Å². The number of nitrogens with one attached hydrogen (secondary N) is 1. The highest BCUT2D eigenvalue weighted by Crippen LogP contribution is 2.40. The summed E-state index contributed by atoms with van der Waals surface area (Å²) >= 11 is 5.82. The van der Waals surface area contributed by atoms with Gasteiger partial charge in [-0.15, -0.1) is 0 Å². The Balaban J connectivity index is 1.35. The quantitative estimate of drug-likeness (QED) is 0.573. The van der Waals surface area contributed by atoms with Crippen molar-refractivity contribution in [3.05, 3.63) is 76.0 Å². The number of allylic oxidation sites excluding steroid dienone is 2. The standard InChI is InChI=1S/C24H26ClNO4S/c25-20-6-8-21(9-7-20)31(29,30)26-11-10-16-2-1-3-18(12-16)13-19-15-23(27)22(24(19)28)14-17-4-5-17/h1-3,6-9,12,17,19,26,28H,4-5,10-11,13-15H2. The summed E-state index contributed by atoms with van der Waals surface area (Å²) in [5, 5.41) is 11.0. The van der Waals surface area contributed by atoms with Crippen LogP contribution in [-0.4, -0.2) is 25.9 Å². The molecule has 31 heavy (non-hydrogen) atoms. The number of hydrogen-bond acceptors (Lipinski definition) is 4. The fourth-order valence-electron chi connectivity index (χ4n) is 4.05. The number of sulfonamides is 1. The van der Waals surface area contributed by atoms with Gasteiger partial charge >= 0.3 is 0 Å². The summed E-state index contributed by atoms with van der Waals surface area (Å²) < 4.78 is 27.4. The monoisotopic (exact) mass is 459 g/mol. The van der Waals surface area contributed by atoms with Gasteiger partial charge in [0, 0.05) is 29.5 Å². The normalized spacial score (nSPS) is 19.3. The van der Waals surface area contributed by atoms with Crippen LogP contribution in [0.25, 0.3) is 0 Å². The van der Waals surface area contributed by atoms with Gasteiger partial charge in [-0.25, -0.2) is 13.1 Å². The summed E-state index contributed by atoms with van der Waals surface area (Å²) in [6, 6.07) is 13.9. The smallest absolute Gasteiger partial charge is 0.240 e. The number of carbonyl (C=O) groups is 1. The Morgan fingerprint density at radius 3 is 2.45 bits per heavy atom. The van der Waals surface area contributed by atoms with E-state index in [2.05, 4.69) is 4.72 Å². The molecule has 1 atom stereocenters. The second kappa shape index (κ2) is 9.15. The van der Waals surface area contributed by atoms with E-state index in [4.69, 9.17) is 11.6 Å². The Bertz CT molecular complexity index is 1100. The first-order valence-corrected chi connectivity index (χ1v) is 12.5. The molecule has 0 bridgehead atoms. The van der Waals surface area contributed by atoms with E-state index in [1.54, 1.807) is 12.1 Å². The molecule has 2 aromatic rings. The first kappa shape index (κ1) is 22.1. The maximum Gasteiger partial charge on any atom is 0.240 e. The van der Waals surface area contributed by atoms with E-state index in [9.17, 15) is 18.3 Å². The van der Waals surface area contributed by atoms with Crippen LogP contribution < -0.4 is 4.72 Å². The number of hydrogen-bond donors (Lipinski definition) is 2. The molecule has 0 amide bonds. The zero-order valence-electron chi connectivity index (χ0n) is 17.2. The average molecular weight is 460 g/mol. The molecule has 164 valence electrons. The Morgan fingerprint density at radius 1 is 1.03 bits per heavy atom. The third-order valence-corrected chi connectivity index (χ3v) is 7.69. The summed E-state index contributed by atoms with van der Waals surface area (Å²) in [5.41, 5.74) is 2.68. The molecule has 0 spiro atoms. The number of halogens is 1. The zero-order valence-corrected chi connectivity index (χ0v) is 18.8. The predicted octanol–water partition coefficient (Wildman–Crippen LogP) is 4.60. The fourth-order valence-corrected chi connectivity index (χ4v) is 5.21. The fraction of sp³-hybridized carbons (Fsp3) is 0.375. The van der Waals surface area contributed by atoms with Gasteiger partial charge in [0.15, 0.2) is 5.78 Å². The third kappa shape index (κ3) is 5.56. The minimum atomic E-state index is -3.59. The highest BCUT2D eigenvalue weighted by atomic mass is 35.5. The van der Waals surface area contributed by atoms with Crippen LogP contribution in [0.15, 0.2) is 64.8 Å². The molecule has 0 radical (unpaired) electrons. The number of benzene rings is 2. The summed E-state index contributed by atoms with van der Waals surface area (Å²) in [6.07, 6.45) is 4.54. The molecule has 2 N–H and O–H groups in total. The van der Waals surface area contributed by atoms with E-state index < -0.39 is 10.0 Å². The van der Waals surface area contributed by atoms with Crippen LogP contribution in [0.5, 0.6) is 0 Å². The molecule has 4 rings (SSSR count). The minimum Gasteiger partial charge on any atom is -0.512 e. The van der Waals surface area contributed by atoms with Gasteiger partial charge in [-0.2, -0.15) is 0 Å². The molecule has 2 aromatic carbocycles. The van der Waals surface area contributed by atoms with Gasteiger partial charge in [0.25, 0.3) is 0 Å². The summed E-state index contributed by atoms with van der Waals surface area (Å²) in [5.74, 6) is 0.778. The molecule has 1 unspecified atom stereocenters. The number of Topliss-reactive ketones (excluding diaryl/α,β-unsaturated/α-hetero) is 1. The van der Waals surface area contributed by atoms with Crippen molar-refractivity contribution in [1.82, 2.24) is 4.72 Å². The average Bonchev–Trinajstić information content (AvgIpc) is 3.51. The maximum atomic E-state index is 12.4. The van der Waals surface area contributed by atoms with Crippen LogP contribution in [-0.2, 0) is 27.7 Å². The SMILES string of the molecule is O=C1CC(Cc2cccc(CCNS(=O)(=O)c3ccc(Cl)cc3)c2)C(O)=C1CC1CC1. The lowest BCUT2D eigenvalue weighted by atomic mass is 9.96. The van der Waals surface area contributed by atoms with E-state index in [1.807, 2.05) is 24.3 Å². The minimum absolute atomic E-state index is 0.0853. The van der Waals surface area contributed by atoms with Gasteiger partial charge in [-0.05, 0) is 73.4 Å². The van der Waals surface area contributed by atoms with Gasteiger partial charge in [0.2, 0.25) is 10.0 Å². The molecule has 5 nitrogen and oxygen atoms in total. The van der Waals surface area contributed by atoms with Crippen LogP contribution >= 0.6 is 11.6 Å². The van der Waals surface area contributed by atoms with Crippen molar-refractivity contribution in [3.8, 4) is 0 Å². The number of aliphatic hydroxyl groups is 1. The molecule has 0 aromatic heterocycles. The Kier molecular flexibility index (Phi) is 6.51. The van der Waals surface area contributed by atoms with Gasteiger partial charge < -0.3 is 5.11 Å². The topological polar surface area (TPSA) is 83.5 Å². The van der Waals surface area contributed by atoms with Crippen molar-refractivity contribution >= 4 is 27.4 Å². The van der Waals surface area contributed by atoms with Crippen molar-refractivity contribution in [2.45, 2.75) is 43.4 Å². The molecular formula is C24H26ClNO4S.